The summed E-state index contributed by atoms with van der Waals surface area (Å²) >= 11 is 0. The average molecular weight is 891 g/mol. The van der Waals surface area contributed by atoms with Gasteiger partial charge in [0.15, 0.2) is 0 Å². The Labute approximate surface area is 384 Å². The molecule has 12 heteroatoms. The number of aryl methyl sites for hydroxylation is 1. The molecule has 3 heterocycles. The number of piperidine rings is 1. The van der Waals surface area contributed by atoms with Gasteiger partial charge >= 0.3 is 0 Å². The molecule has 5 aromatic carbocycles. The molecule has 5 aromatic rings. The number of rotatable bonds is 13. The number of imide groups is 2. The molecule has 2 unspecified atom stereocenters. The fourth-order valence-electron chi connectivity index (χ4n) is 10.6. The molecule has 11 nitrogen and oxygen atoms in total. The molecule has 3 fully saturated rings. The van der Waals surface area contributed by atoms with E-state index in [4.69, 9.17) is 14.2 Å². The van der Waals surface area contributed by atoms with Crippen LogP contribution in [0.2, 0.25) is 0 Å². The van der Waals surface area contributed by atoms with E-state index in [-0.39, 0.29) is 42.7 Å². The maximum absolute atomic E-state index is 14.0. The Morgan fingerprint density at radius 1 is 0.652 bits per heavy atom. The predicted molar refractivity (Wildman–Crippen MR) is 247 cm³/mol. The molecule has 66 heavy (non-hydrogen) atoms. The monoisotopic (exact) mass is 890 g/mol. The average Bonchev–Trinajstić information content (AvgIpc) is 3.59. The molecule has 0 spiro atoms. The van der Waals surface area contributed by atoms with Crippen molar-refractivity contribution in [2.75, 3.05) is 44.2 Å². The van der Waals surface area contributed by atoms with Crippen LogP contribution in [0.15, 0.2) is 115 Å². The first-order chi connectivity index (χ1) is 32.2. The van der Waals surface area contributed by atoms with Crippen LogP contribution in [0.25, 0.3) is 0 Å². The van der Waals surface area contributed by atoms with Gasteiger partial charge in [-0.3, -0.25) is 34.3 Å². The number of fused-ring (bicyclic) bond motifs is 2. The quantitative estimate of drug-likeness (QED) is 0.117. The van der Waals surface area contributed by atoms with E-state index in [1.54, 1.807) is 24.3 Å². The fourth-order valence-corrected chi connectivity index (χ4v) is 10.6. The number of carbonyl (C=O) groups is 4. The van der Waals surface area contributed by atoms with Crippen molar-refractivity contribution < 1.29 is 37.8 Å². The van der Waals surface area contributed by atoms with Crippen LogP contribution in [0.5, 0.6) is 11.5 Å². The number of amides is 4. The van der Waals surface area contributed by atoms with Crippen LogP contribution >= 0.6 is 0 Å². The van der Waals surface area contributed by atoms with Crippen LogP contribution in [0.4, 0.5) is 10.1 Å². The summed E-state index contributed by atoms with van der Waals surface area (Å²) in [5.74, 6) is -0.142. The number of halogens is 1. The number of anilines is 1. The van der Waals surface area contributed by atoms with Crippen molar-refractivity contribution in [3.63, 3.8) is 0 Å². The molecular weight excluding hydrogens is 836 g/mol. The first kappa shape index (κ1) is 43.5. The summed E-state index contributed by atoms with van der Waals surface area (Å²) in [6.45, 7) is 5.26. The highest BCUT2D eigenvalue weighted by molar-refractivity contribution is 6.23. The number of piperazine rings is 1. The van der Waals surface area contributed by atoms with Gasteiger partial charge in [0.1, 0.15) is 30.0 Å². The minimum absolute atomic E-state index is 0.0906. The summed E-state index contributed by atoms with van der Waals surface area (Å²) in [6.07, 6.45) is 6.21. The number of nitrogens with one attached hydrogen (secondary N) is 1. The van der Waals surface area contributed by atoms with E-state index in [0.717, 1.165) is 104 Å². The topological polar surface area (TPSA) is 118 Å². The smallest absolute Gasteiger partial charge is 0.262 e. The van der Waals surface area contributed by atoms with Gasteiger partial charge in [0, 0.05) is 50.7 Å². The molecule has 10 rings (SSSR count). The molecule has 3 aliphatic heterocycles. The predicted octanol–water partition coefficient (Wildman–Crippen LogP) is 8.20. The van der Waals surface area contributed by atoms with Crippen molar-refractivity contribution in [1.29, 1.82) is 0 Å². The van der Waals surface area contributed by atoms with Gasteiger partial charge in [-0.25, -0.2) is 4.39 Å². The molecule has 1 saturated carbocycles. The Bertz CT molecular complexity index is 2570. The molecule has 0 radical (unpaired) electrons. The van der Waals surface area contributed by atoms with Gasteiger partial charge in [0.2, 0.25) is 11.8 Å². The number of benzene rings is 5. The standard InChI is InChI=1S/C54H55FN4O7/c55-39-11-6-36(7-12-39)45-21-10-38-32-44(65-34-35-4-2-1-3-5-35)20-23-46(38)51(45)37-8-14-42(15-9-37)66-43-18-16-41(17-19-43)64-31-30-57-26-28-58(29-27-57)40-13-22-47-48(33-40)54(63)59(53(47)62)49-24-25-50(60)56-52(49)61/h1-9,11-15,20,22-23,32-33,41,43,45,49,51H,10,16-19,21,24-31,34H2,(H,56,60,61)/t41?,43?,45-,49?,51?/m1/s1. The summed E-state index contributed by atoms with van der Waals surface area (Å²) in [5.41, 5.74) is 7.54. The zero-order valence-corrected chi connectivity index (χ0v) is 37.0. The lowest BCUT2D eigenvalue weighted by molar-refractivity contribution is -0.136. The maximum atomic E-state index is 14.0. The number of carbonyl (C=O) groups excluding carboxylic acids is 4. The highest BCUT2D eigenvalue weighted by atomic mass is 19.1. The molecule has 0 bridgehead atoms. The normalized spacial score (nSPS) is 23.3. The summed E-state index contributed by atoms with van der Waals surface area (Å²) in [6, 6.07) is 36.7. The van der Waals surface area contributed by atoms with Crippen LogP contribution in [-0.2, 0) is 27.4 Å². The molecule has 340 valence electrons. The van der Waals surface area contributed by atoms with Crippen LogP contribution in [-0.4, -0.2) is 91.0 Å². The third-order valence-electron chi connectivity index (χ3n) is 14.2. The van der Waals surface area contributed by atoms with E-state index in [1.165, 1.54) is 16.7 Å². The van der Waals surface area contributed by atoms with E-state index in [0.29, 0.717) is 24.3 Å². The number of ether oxygens (including phenoxy) is 3. The van der Waals surface area contributed by atoms with Crippen LogP contribution in [0.1, 0.15) is 105 Å². The van der Waals surface area contributed by atoms with Crippen molar-refractivity contribution in [1.82, 2.24) is 15.1 Å². The number of hydrogen-bond donors (Lipinski definition) is 1. The highest BCUT2D eigenvalue weighted by Crippen LogP contribution is 2.47. The Morgan fingerprint density at radius 3 is 2.12 bits per heavy atom. The van der Waals surface area contributed by atoms with Crippen molar-refractivity contribution >= 4 is 29.3 Å². The molecule has 5 aliphatic rings. The molecule has 4 amide bonds. The minimum Gasteiger partial charge on any atom is -0.490 e. The van der Waals surface area contributed by atoms with Gasteiger partial charge in [0.05, 0.1) is 29.9 Å². The van der Waals surface area contributed by atoms with E-state index in [9.17, 15) is 23.6 Å². The summed E-state index contributed by atoms with van der Waals surface area (Å²) < 4.78 is 33.2. The van der Waals surface area contributed by atoms with Crippen molar-refractivity contribution in [2.24, 2.45) is 0 Å². The van der Waals surface area contributed by atoms with Crippen LogP contribution in [0.3, 0.4) is 0 Å². The SMILES string of the molecule is O=C1CCC(N2C(=O)c3ccc(N4CCN(CCOC5CCC(Oc6ccc(C7c8ccc(OCc9ccccc9)cc8CC[C@@H]7c7ccc(F)cc7)cc6)CC5)CC4)cc3C2=O)C(=O)N1. The molecule has 2 saturated heterocycles. The molecule has 3 atom stereocenters. The second kappa shape index (κ2) is 19.2. The number of nitrogens with zero attached hydrogens (tertiary/aromatic N) is 3. The summed E-state index contributed by atoms with van der Waals surface area (Å²) in [4.78, 5) is 56.2. The second-order valence-electron chi connectivity index (χ2n) is 18.3. The zero-order chi connectivity index (χ0) is 45.1. The van der Waals surface area contributed by atoms with E-state index >= 15 is 0 Å². The minimum atomic E-state index is -0.976. The fraction of sp³-hybridized carbons (Fsp3) is 0.370. The highest BCUT2D eigenvalue weighted by Gasteiger charge is 2.45. The van der Waals surface area contributed by atoms with Gasteiger partial charge in [-0.1, -0.05) is 60.7 Å². The summed E-state index contributed by atoms with van der Waals surface area (Å²) in [5, 5.41) is 2.25. The van der Waals surface area contributed by atoms with Gasteiger partial charge in [-0.05, 0) is 133 Å². The lowest BCUT2D eigenvalue weighted by atomic mass is 9.69. The zero-order valence-electron chi connectivity index (χ0n) is 37.0. The lowest BCUT2D eigenvalue weighted by Crippen LogP contribution is -2.54. The Kier molecular flexibility index (Phi) is 12.7. The largest absolute Gasteiger partial charge is 0.490 e. The molecule has 2 aliphatic carbocycles. The van der Waals surface area contributed by atoms with Gasteiger partial charge in [-0.15, -0.1) is 0 Å². The van der Waals surface area contributed by atoms with E-state index < -0.39 is 29.7 Å². The van der Waals surface area contributed by atoms with Crippen LogP contribution < -0.4 is 19.7 Å². The first-order valence-electron chi connectivity index (χ1n) is 23.5. The maximum Gasteiger partial charge on any atom is 0.262 e. The number of hydrogen-bond acceptors (Lipinski definition) is 9. The molecular formula is C54H55FN4O7. The Balaban J connectivity index is 0.688. The second-order valence-corrected chi connectivity index (χ2v) is 18.3. The lowest BCUT2D eigenvalue weighted by Gasteiger charge is -2.36. The van der Waals surface area contributed by atoms with Crippen molar-refractivity contribution in [3.8, 4) is 11.5 Å². The van der Waals surface area contributed by atoms with Gasteiger partial charge in [-0.2, -0.15) is 0 Å². The van der Waals surface area contributed by atoms with Crippen molar-refractivity contribution in [3.05, 3.63) is 160 Å². The third-order valence-corrected chi connectivity index (χ3v) is 14.2. The van der Waals surface area contributed by atoms with Gasteiger partial charge in [0.25, 0.3) is 11.8 Å². The van der Waals surface area contributed by atoms with E-state index in [2.05, 4.69) is 69.7 Å². The van der Waals surface area contributed by atoms with E-state index in [1.807, 2.05) is 36.4 Å². The first-order valence-corrected chi connectivity index (χ1v) is 23.5. The molecule has 0 aromatic heterocycles. The third kappa shape index (κ3) is 9.35. The summed E-state index contributed by atoms with van der Waals surface area (Å²) in [7, 11) is 0. The molecule has 1 N–H and O–H groups in total. The van der Waals surface area contributed by atoms with Gasteiger partial charge < -0.3 is 19.1 Å². The Morgan fingerprint density at radius 2 is 1.36 bits per heavy atom. The van der Waals surface area contributed by atoms with Crippen LogP contribution in [0, 0.1) is 5.82 Å². The Hall–Kier alpha value is -6.37. The van der Waals surface area contributed by atoms with Crippen molar-refractivity contribution in [2.45, 2.75) is 88.1 Å².